The Labute approximate surface area is 177 Å². The number of anilines is 1. The quantitative estimate of drug-likeness (QED) is 0.691. The van der Waals surface area contributed by atoms with E-state index in [0.717, 1.165) is 56.0 Å². The summed E-state index contributed by atoms with van der Waals surface area (Å²) in [7, 11) is 0. The maximum atomic E-state index is 5.63. The van der Waals surface area contributed by atoms with E-state index < -0.39 is 0 Å². The molecule has 2 atom stereocenters. The van der Waals surface area contributed by atoms with Crippen LogP contribution in [0.15, 0.2) is 30.6 Å². The summed E-state index contributed by atoms with van der Waals surface area (Å²) in [6.07, 6.45) is 6.52. The molecule has 1 saturated carbocycles. The van der Waals surface area contributed by atoms with Crippen LogP contribution in [-0.2, 0) is 11.2 Å². The number of fused-ring (bicyclic) bond motifs is 2. The van der Waals surface area contributed by atoms with E-state index >= 15 is 0 Å². The number of aromatic nitrogens is 3. The van der Waals surface area contributed by atoms with E-state index in [1.54, 1.807) is 6.33 Å². The zero-order chi connectivity index (χ0) is 20.1. The van der Waals surface area contributed by atoms with E-state index in [4.69, 9.17) is 4.74 Å². The summed E-state index contributed by atoms with van der Waals surface area (Å²) in [6, 6.07) is 9.83. The number of morpholine rings is 1. The van der Waals surface area contributed by atoms with Gasteiger partial charge in [0, 0.05) is 24.8 Å². The van der Waals surface area contributed by atoms with Gasteiger partial charge in [-0.1, -0.05) is 23.8 Å². The molecule has 6 nitrogen and oxygen atoms in total. The lowest BCUT2D eigenvalue weighted by atomic mass is 9.82. The van der Waals surface area contributed by atoms with Crippen LogP contribution in [0, 0.1) is 6.92 Å². The van der Waals surface area contributed by atoms with Gasteiger partial charge in [-0.15, -0.1) is 0 Å². The third kappa shape index (κ3) is 3.28. The summed E-state index contributed by atoms with van der Waals surface area (Å²) in [5.41, 5.74) is 6.46. The van der Waals surface area contributed by atoms with Gasteiger partial charge in [-0.2, -0.15) is 0 Å². The van der Waals surface area contributed by atoms with Crippen molar-refractivity contribution in [1.82, 2.24) is 19.9 Å². The van der Waals surface area contributed by atoms with Gasteiger partial charge in [0.25, 0.3) is 0 Å². The van der Waals surface area contributed by atoms with Gasteiger partial charge in [0.15, 0.2) is 0 Å². The van der Waals surface area contributed by atoms with E-state index in [1.807, 2.05) is 0 Å². The molecule has 1 saturated heterocycles. The molecule has 0 bridgehead atoms. The molecule has 1 aliphatic heterocycles. The van der Waals surface area contributed by atoms with E-state index in [2.05, 4.69) is 56.4 Å². The topological polar surface area (TPSA) is 66.1 Å². The molecular formula is C24H29N5O. The van der Waals surface area contributed by atoms with Crippen LogP contribution in [0.3, 0.4) is 0 Å². The molecule has 0 amide bonds. The molecule has 0 radical (unpaired) electrons. The minimum Gasteiger partial charge on any atom is -0.379 e. The second-order valence-corrected chi connectivity index (χ2v) is 9.06. The fourth-order valence-corrected chi connectivity index (χ4v) is 5.24. The molecule has 6 rings (SSSR count). The molecule has 3 heterocycles. The van der Waals surface area contributed by atoms with Gasteiger partial charge in [0.1, 0.15) is 17.8 Å². The Morgan fingerprint density at radius 1 is 1.10 bits per heavy atom. The molecular weight excluding hydrogens is 374 g/mol. The second kappa shape index (κ2) is 7.36. The molecule has 2 fully saturated rings. The number of benzene rings is 1. The van der Waals surface area contributed by atoms with Crippen molar-refractivity contribution in [2.75, 3.05) is 31.6 Å². The Hall–Kier alpha value is -2.44. The first-order valence-corrected chi connectivity index (χ1v) is 11.3. The molecule has 0 unspecified atom stereocenters. The van der Waals surface area contributed by atoms with Crippen LogP contribution < -0.4 is 5.32 Å². The maximum Gasteiger partial charge on any atom is 0.143 e. The second-order valence-electron chi connectivity index (χ2n) is 9.06. The minimum atomic E-state index is 0.213. The van der Waals surface area contributed by atoms with Crippen LogP contribution in [0.1, 0.15) is 53.6 Å². The van der Waals surface area contributed by atoms with E-state index in [0.29, 0.717) is 12.0 Å². The number of nitrogens with one attached hydrogen (secondary N) is 2. The van der Waals surface area contributed by atoms with Crippen molar-refractivity contribution in [3.63, 3.8) is 0 Å². The van der Waals surface area contributed by atoms with Crippen LogP contribution >= 0.6 is 0 Å². The Morgan fingerprint density at radius 3 is 2.80 bits per heavy atom. The molecule has 156 valence electrons. The number of nitrogens with zero attached hydrogens (tertiary/aromatic N) is 3. The average molecular weight is 404 g/mol. The largest absolute Gasteiger partial charge is 0.379 e. The summed E-state index contributed by atoms with van der Waals surface area (Å²) in [5.74, 6) is 1.62. The van der Waals surface area contributed by atoms with E-state index in [9.17, 15) is 0 Å². The third-order valence-electron chi connectivity index (χ3n) is 7.00. The highest BCUT2D eigenvalue weighted by atomic mass is 16.5. The molecule has 2 aromatic heterocycles. The zero-order valence-electron chi connectivity index (χ0n) is 17.5. The molecule has 1 aromatic carbocycles. The SMILES string of the molecule is Cc1ccc2c(c1)CC[C@H](N1CCOCC1)[C@H]2Nc1ncnc2[nH]c(C3CC3)cc12. The summed E-state index contributed by atoms with van der Waals surface area (Å²) in [6.45, 7) is 5.83. The Kier molecular flexibility index (Phi) is 4.50. The number of H-pyrrole nitrogens is 1. The highest BCUT2D eigenvalue weighted by Crippen LogP contribution is 2.42. The lowest BCUT2D eigenvalue weighted by molar-refractivity contribution is 0.00895. The fourth-order valence-electron chi connectivity index (χ4n) is 5.24. The van der Waals surface area contributed by atoms with Crippen LogP contribution in [0.25, 0.3) is 11.0 Å². The Balaban J connectivity index is 1.39. The fraction of sp³-hybridized carbons (Fsp3) is 0.500. The third-order valence-corrected chi connectivity index (χ3v) is 7.00. The molecule has 6 heteroatoms. The van der Waals surface area contributed by atoms with Gasteiger partial charge in [-0.25, -0.2) is 9.97 Å². The monoisotopic (exact) mass is 403 g/mol. The van der Waals surface area contributed by atoms with Gasteiger partial charge in [-0.05, 0) is 55.7 Å². The number of rotatable bonds is 4. The first-order chi connectivity index (χ1) is 14.8. The normalized spacial score (nSPS) is 24.7. The van der Waals surface area contributed by atoms with Crippen LogP contribution in [0.4, 0.5) is 5.82 Å². The van der Waals surface area contributed by atoms with Crippen LogP contribution in [0.5, 0.6) is 0 Å². The molecule has 3 aromatic rings. The van der Waals surface area contributed by atoms with Crippen molar-refractivity contribution < 1.29 is 4.74 Å². The van der Waals surface area contributed by atoms with Crippen LogP contribution in [0.2, 0.25) is 0 Å². The number of ether oxygens (including phenoxy) is 1. The lowest BCUT2D eigenvalue weighted by Crippen LogP contribution is -2.49. The summed E-state index contributed by atoms with van der Waals surface area (Å²) in [4.78, 5) is 15.3. The predicted octanol–water partition coefficient (Wildman–Crippen LogP) is 3.94. The van der Waals surface area contributed by atoms with Crippen molar-refractivity contribution in [3.8, 4) is 0 Å². The van der Waals surface area contributed by atoms with Gasteiger partial charge in [0.2, 0.25) is 0 Å². The van der Waals surface area contributed by atoms with Crippen molar-refractivity contribution in [1.29, 1.82) is 0 Å². The van der Waals surface area contributed by atoms with Crippen molar-refractivity contribution in [2.45, 2.75) is 50.6 Å². The summed E-state index contributed by atoms with van der Waals surface area (Å²) < 4.78 is 5.63. The zero-order valence-corrected chi connectivity index (χ0v) is 17.5. The lowest BCUT2D eigenvalue weighted by Gasteiger charge is -2.43. The first kappa shape index (κ1) is 18.3. The van der Waals surface area contributed by atoms with Gasteiger partial charge in [-0.3, -0.25) is 4.90 Å². The molecule has 0 spiro atoms. The number of aromatic amines is 1. The Morgan fingerprint density at radius 2 is 1.97 bits per heavy atom. The highest BCUT2D eigenvalue weighted by Gasteiger charge is 2.35. The maximum absolute atomic E-state index is 5.63. The molecule has 3 aliphatic rings. The van der Waals surface area contributed by atoms with E-state index in [1.165, 1.54) is 35.2 Å². The van der Waals surface area contributed by atoms with Crippen molar-refractivity contribution in [2.24, 2.45) is 0 Å². The number of hydrogen-bond acceptors (Lipinski definition) is 5. The van der Waals surface area contributed by atoms with E-state index in [-0.39, 0.29) is 6.04 Å². The number of aryl methyl sites for hydroxylation is 2. The Bertz CT molecular complexity index is 1070. The van der Waals surface area contributed by atoms with Gasteiger partial charge in [0.05, 0.1) is 24.6 Å². The molecule has 2 N–H and O–H groups in total. The summed E-state index contributed by atoms with van der Waals surface area (Å²) >= 11 is 0. The average Bonchev–Trinajstić information content (AvgIpc) is 3.53. The standard InChI is InChI=1S/C24H29N5O/c1-15-2-6-18-17(12-15)5-7-21(29-8-10-30-11-9-29)22(18)28-24-19-13-20(16-3-4-16)27-23(19)25-14-26-24/h2,6,12-14,16,21-22H,3-5,7-11H2,1H3,(H2,25,26,27,28)/t21-,22-/m0/s1. The van der Waals surface area contributed by atoms with Crippen LogP contribution in [-0.4, -0.2) is 52.2 Å². The summed E-state index contributed by atoms with van der Waals surface area (Å²) in [5, 5.41) is 4.98. The van der Waals surface area contributed by atoms with Crippen molar-refractivity contribution >= 4 is 16.9 Å². The smallest absolute Gasteiger partial charge is 0.143 e. The highest BCUT2D eigenvalue weighted by molar-refractivity contribution is 5.88. The van der Waals surface area contributed by atoms with Gasteiger partial charge < -0.3 is 15.0 Å². The first-order valence-electron chi connectivity index (χ1n) is 11.3. The minimum absolute atomic E-state index is 0.213. The molecule has 2 aliphatic carbocycles. The van der Waals surface area contributed by atoms with Gasteiger partial charge >= 0.3 is 0 Å². The molecule has 30 heavy (non-hydrogen) atoms. The predicted molar refractivity (Wildman–Crippen MR) is 118 cm³/mol. The van der Waals surface area contributed by atoms with Crippen molar-refractivity contribution in [3.05, 3.63) is 53.0 Å². The number of hydrogen-bond donors (Lipinski definition) is 2.